The largest absolute Gasteiger partial charge is 0.496 e. The van der Waals surface area contributed by atoms with E-state index in [-0.39, 0.29) is 50.3 Å². The molecule has 4 heterocycles. The second kappa shape index (κ2) is 15.6. The molecule has 2 saturated carbocycles. The Balaban J connectivity index is 1.22. The average Bonchev–Trinajstić information content (AvgIpc) is 4.02. The first-order chi connectivity index (χ1) is 27.3. The number of amides is 4. The number of allylic oxidation sites excluding steroid dienone is 2. The van der Waals surface area contributed by atoms with Crippen LogP contribution in [0.25, 0.3) is 10.9 Å². The Morgan fingerprint density at radius 1 is 1.07 bits per heavy atom. The van der Waals surface area contributed by atoms with Gasteiger partial charge in [0, 0.05) is 29.9 Å². The van der Waals surface area contributed by atoms with Crippen LogP contribution in [-0.2, 0) is 24.4 Å². The van der Waals surface area contributed by atoms with Crippen molar-refractivity contribution in [3.63, 3.8) is 0 Å². The monoisotopic (exact) mass is 823 g/mol. The van der Waals surface area contributed by atoms with Crippen molar-refractivity contribution in [2.45, 2.75) is 133 Å². The van der Waals surface area contributed by atoms with E-state index in [0.717, 1.165) is 18.4 Å². The molecule has 16 heteroatoms. The van der Waals surface area contributed by atoms with Crippen LogP contribution >= 0.6 is 0 Å². The number of nitrogens with zero attached hydrogens (tertiary/aromatic N) is 3. The number of ketones is 1. The quantitative estimate of drug-likeness (QED) is 0.305. The zero-order valence-electron chi connectivity index (χ0n) is 34.3. The first-order valence-electron chi connectivity index (χ1n) is 20.5. The van der Waals surface area contributed by atoms with E-state index in [1.165, 1.54) is 9.80 Å². The van der Waals surface area contributed by atoms with Gasteiger partial charge in [-0.15, -0.1) is 0 Å². The number of methoxy groups -OCH3 is 1. The van der Waals surface area contributed by atoms with E-state index in [1.54, 1.807) is 27.0 Å². The molecular formula is C42H57N5O10S. The first kappa shape index (κ1) is 41.7. The molecule has 0 unspecified atom stereocenters. The number of Topliss-reactive ketones (excluding diaryl/α,β-unsaturated/α-hetero) is 1. The molecule has 4 fully saturated rings. The number of nitrogens with one attached hydrogen (secondary N) is 2. The normalized spacial score (nSPS) is 28.6. The highest BCUT2D eigenvalue weighted by Crippen LogP contribution is 2.57. The van der Waals surface area contributed by atoms with Crippen LogP contribution < -0.4 is 24.2 Å². The third-order valence-electron chi connectivity index (χ3n) is 12.5. The van der Waals surface area contributed by atoms with Crippen molar-refractivity contribution in [2.24, 2.45) is 11.3 Å². The van der Waals surface area contributed by atoms with Gasteiger partial charge in [-0.05, 0) is 91.2 Å². The van der Waals surface area contributed by atoms with E-state index in [4.69, 9.17) is 19.2 Å². The van der Waals surface area contributed by atoms with Crippen LogP contribution in [0.4, 0.5) is 4.79 Å². The van der Waals surface area contributed by atoms with Gasteiger partial charge in [0.1, 0.15) is 23.6 Å². The fourth-order valence-corrected chi connectivity index (χ4v) is 9.94. The second-order valence-electron chi connectivity index (χ2n) is 17.8. The number of rotatable bonds is 9. The summed E-state index contributed by atoms with van der Waals surface area (Å²) in [4.78, 5) is 64.5. The fourth-order valence-electron chi connectivity index (χ4n) is 8.60. The van der Waals surface area contributed by atoms with Crippen molar-refractivity contribution in [1.82, 2.24) is 24.8 Å². The lowest BCUT2D eigenvalue weighted by molar-refractivity contribution is -0.140. The Labute approximate surface area is 340 Å². The third kappa shape index (κ3) is 8.36. The van der Waals surface area contributed by atoms with Gasteiger partial charge in [0.25, 0.3) is 0 Å². The summed E-state index contributed by atoms with van der Waals surface area (Å²) < 4.78 is 46.1. The van der Waals surface area contributed by atoms with E-state index < -0.39 is 61.8 Å². The molecule has 0 bridgehead atoms. The average molecular weight is 824 g/mol. The Kier molecular flexibility index (Phi) is 11.2. The smallest absolute Gasteiger partial charge is 0.318 e. The summed E-state index contributed by atoms with van der Waals surface area (Å²) in [5.74, 6) is -0.465. The molecule has 1 aromatic carbocycles. The zero-order valence-corrected chi connectivity index (χ0v) is 35.2. The zero-order chi connectivity index (χ0) is 41.8. The second-order valence-corrected chi connectivity index (χ2v) is 20.0. The molecular weight excluding hydrogens is 767 g/mol. The van der Waals surface area contributed by atoms with Crippen LogP contribution in [0.2, 0.25) is 0 Å². The van der Waals surface area contributed by atoms with Gasteiger partial charge in [0.05, 0.1) is 60.2 Å². The number of likely N-dealkylation sites (tertiary alicyclic amines) is 1. The summed E-state index contributed by atoms with van der Waals surface area (Å²) in [5.41, 5.74) is -0.910. The molecule has 0 radical (unpaired) electrons. The SMILES string of the molecule is COc1ccc2c(O[C@@H]3C[C@H]4C(=O)C[C@]5(C(=O)NS(=O)(=O)C6(C)CC6)C[C@@H]5/C=C\CCCCC[C@H](NC(=O)N5CC(C)(O)C5)C(=O)N4C3)cc(OC(C)C)nc2c1C. The van der Waals surface area contributed by atoms with Crippen molar-refractivity contribution in [3.05, 3.63) is 35.9 Å². The lowest BCUT2D eigenvalue weighted by atomic mass is 9.91. The number of sulfonamides is 1. The minimum Gasteiger partial charge on any atom is -0.496 e. The van der Waals surface area contributed by atoms with Crippen LogP contribution in [0.1, 0.15) is 97.5 Å². The molecule has 1 aromatic heterocycles. The molecule has 5 aliphatic rings. The van der Waals surface area contributed by atoms with Gasteiger partial charge in [-0.2, -0.15) is 0 Å². The minimum atomic E-state index is -3.97. The maximum Gasteiger partial charge on any atom is 0.318 e. The molecule has 2 saturated heterocycles. The maximum absolute atomic E-state index is 14.7. The van der Waals surface area contributed by atoms with Crippen molar-refractivity contribution >= 4 is 44.6 Å². The van der Waals surface area contributed by atoms with Gasteiger partial charge in [-0.3, -0.25) is 19.1 Å². The van der Waals surface area contributed by atoms with Crippen molar-refractivity contribution in [3.8, 4) is 17.4 Å². The summed E-state index contributed by atoms with van der Waals surface area (Å²) in [6.07, 6.45) is 7.30. The molecule has 3 N–H and O–H groups in total. The highest BCUT2D eigenvalue weighted by atomic mass is 32.2. The highest BCUT2D eigenvalue weighted by Gasteiger charge is 2.62. The van der Waals surface area contributed by atoms with Gasteiger partial charge in [-0.1, -0.05) is 25.0 Å². The van der Waals surface area contributed by atoms with Crippen LogP contribution in [-0.4, -0.2) is 113 Å². The summed E-state index contributed by atoms with van der Waals surface area (Å²) in [5, 5.41) is 13.9. The highest BCUT2D eigenvalue weighted by molar-refractivity contribution is 7.91. The van der Waals surface area contributed by atoms with Crippen LogP contribution in [0, 0.1) is 18.3 Å². The summed E-state index contributed by atoms with van der Waals surface area (Å²) >= 11 is 0. The number of aromatic nitrogens is 1. The Morgan fingerprint density at radius 3 is 2.48 bits per heavy atom. The Hall–Kier alpha value is -4.44. The summed E-state index contributed by atoms with van der Waals surface area (Å²) in [6, 6.07) is 2.88. The van der Waals surface area contributed by atoms with Gasteiger partial charge in [0.15, 0.2) is 5.78 Å². The van der Waals surface area contributed by atoms with E-state index >= 15 is 0 Å². The molecule has 3 aliphatic heterocycles. The van der Waals surface area contributed by atoms with Crippen LogP contribution in [0.15, 0.2) is 30.4 Å². The number of aliphatic hydroxyl groups is 1. The number of benzene rings is 1. The number of hydrogen-bond donors (Lipinski definition) is 3. The number of pyridine rings is 1. The van der Waals surface area contributed by atoms with E-state index in [2.05, 4.69) is 10.0 Å². The topological polar surface area (TPSA) is 194 Å². The lowest BCUT2D eigenvalue weighted by Crippen LogP contribution is -2.65. The number of urea groups is 1. The molecule has 2 aliphatic carbocycles. The molecule has 58 heavy (non-hydrogen) atoms. The van der Waals surface area contributed by atoms with E-state index in [1.807, 2.05) is 45.1 Å². The molecule has 316 valence electrons. The maximum atomic E-state index is 14.7. The van der Waals surface area contributed by atoms with Crippen molar-refractivity contribution < 1.29 is 46.9 Å². The number of β-amino-alcohol motifs (C(OH)–C–C–N with tert-alkyl or cyclic N) is 1. The van der Waals surface area contributed by atoms with Crippen LogP contribution in [0.5, 0.6) is 17.4 Å². The molecule has 4 amide bonds. The fraction of sp³-hybridized carbons (Fsp3) is 0.643. The predicted octanol–water partition coefficient (Wildman–Crippen LogP) is 4.32. The minimum absolute atomic E-state index is 0.00855. The number of carbonyl (C=O) groups excluding carboxylic acids is 4. The van der Waals surface area contributed by atoms with E-state index in [0.29, 0.717) is 66.8 Å². The number of aryl methyl sites for hydroxylation is 1. The van der Waals surface area contributed by atoms with Gasteiger partial charge >= 0.3 is 6.03 Å². The van der Waals surface area contributed by atoms with Gasteiger partial charge < -0.3 is 34.4 Å². The number of ether oxygens (including phenoxy) is 3. The van der Waals surface area contributed by atoms with Crippen LogP contribution in [0.3, 0.4) is 0 Å². The van der Waals surface area contributed by atoms with Crippen molar-refractivity contribution in [2.75, 3.05) is 26.7 Å². The number of carbonyl (C=O) groups is 4. The summed E-state index contributed by atoms with van der Waals surface area (Å²) in [6.45, 7) is 9.17. The van der Waals surface area contributed by atoms with Gasteiger partial charge in [0.2, 0.25) is 27.7 Å². The number of fused-ring (bicyclic) bond motifs is 3. The molecule has 15 nitrogen and oxygen atoms in total. The summed E-state index contributed by atoms with van der Waals surface area (Å²) in [7, 11) is -2.39. The molecule has 2 aromatic rings. The molecule has 0 spiro atoms. The predicted molar refractivity (Wildman–Crippen MR) is 215 cm³/mol. The Bertz CT molecular complexity index is 2110. The first-order valence-corrected chi connectivity index (χ1v) is 22.0. The standard InChI is InChI=1S/C42H57N5O10S/c1-25(2)56-35-19-34(29-14-15-33(55-6)26(3)36(29)44-35)57-28-18-31-32(48)21-42(38(50)45-58(53,54)41(5)16-17-41)20-27(42)12-10-8-7-9-11-13-30(37(49)47(31)22-28)43-39(51)46-23-40(4,52)24-46/h10,12,14-15,19,25,27-28,30-31,52H,7-9,11,13,16-18,20-24H2,1-6H3,(H,43,51)(H,45,50)/b12-10-/t27-,28+,30-,31-,42+/m0/s1. The Morgan fingerprint density at radius 2 is 1.81 bits per heavy atom. The molecule has 7 rings (SSSR count). The third-order valence-corrected chi connectivity index (χ3v) is 14.7. The van der Waals surface area contributed by atoms with Crippen molar-refractivity contribution in [1.29, 1.82) is 0 Å². The number of hydrogen-bond acceptors (Lipinski definition) is 11. The van der Waals surface area contributed by atoms with Gasteiger partial charge in [-0.25, -0.2) is 18.2 Å². The molecule has 5 atom stereocenters. The van der Waals surface area contributed by atoms with E-state index in [9.17, 15) is 32.7 Å². The lowest BCUT2D eigenvalue weighted by Gasteiger charge is -2.44.